The number of sulfone groups is 1. The minimum atomic E-state index is -4.28. The number of nitrogens with one attached hydrogen (secondary N) is 1. The van der Waals surface area contributed by atoms with Gasteiger partial charge in [-0.25, -0.2) is 20.8 Å². The van der Waals surface area contributed by atoms with Crippen LogP contribution in [0.4, 0.5) is 11.4 Å². The molecule has 0 saturated heterocycles. The lowest BCUT2D eigenvalue weighted by Crippen LogP contribution is -2.23. The first-order valence-electron chi connectivity index (χ1n) is 13.6. The highest BCUT2D eigenvalue weighted by Gasteiger charge is 2.29. The van der Waals surface area contributed by atoms with Crippen LogP contribution in [0.3, 0.4) is 0 Å². The highest BCUT2D eigenvalue weighted by molar-refractivity contribution is 7.90. The van der Waals surface area contributed by atoms with Crippen molar-refractivity contribution in [2.75, 3.05) is 11.6 Å². The number of pyridine rings is 1. The summed E-state index contributed by atoms with van der Waals surface area (Å²) in [4.78, 5) is 14.0. The molecule has 6 aromatic rings. The Labute approximate surface area is 254 Å². The predicted molar refractivity (Wildman–Crippen MR) is 171 cm³/mol. The van der Waals surface area contributed by atoms with Crippen molar-refractivity contribution in [1.29, 1.82) is 0 Å². The highest BCUT2D eigenvalue weighted by atomic mass is 32.2. The number of benzene rings is 3. The Morgan fingerprint density at radius 3 is 2.11 bits per heavy atom. The van der Waals surface area contributed by atoms with Crippen LogP contribution in [-0.2, 0) is 34.0 Å². The van der Waals surface area contributed by atoms with Gasteiger partial charge in [-0.1, -0.05) is 35.9 Å². The summed E-state index contributed by atoms with van der Waals surface area (Å²) in [7, 11) is -4.64. The minimum absolute atomic E-state index is 0.0173. The van der Waals surface area contributed by atoms with E-state index in [9.17, 15) is 21.6 Å². The molecule has 3 heterocycles. The summed E-state index contributed by atoms with van der Waals surface area (Å²) >= 11 is 0. The van der Waals surface area contributed by atoms with Crippen molar-refractivity contribution in [2.45, 2.75) is 16.7 Å². The Morgan fingerprint density at radius 2 is 1.48 bits per heavy atom. The number of rotatable bonds is 7. The van der Waals surface area contributed by atoms with Crippen LogP contribution in [0.25, 0.3) is 33.3 Å². The third-order valence-electron chi connectivity index (χ3n) is 7.42. The second-order valence-electron chi connectivity index (χ2n) is 10.7. The number of hydrogen-bond acceptors (Lipinski definition) is 7. The molecule has 0 unspecified atom stereocenters. The van der Waals surface area contributed by atoms with E-state index in [-0.39, 0.29) is 21.0 Å². The zero-order chi connectivity index (χ0) is 31.4. The predicted octanol–water partition coefficient (Wildman–Crippen LogP) is 5.10. The zero-order valence-corrected chi connectivity index (χ0v) is 26.0. The van der Waals surface area contributed by atoms with E-state index in [2.05, 4.69) is 10.4 Å². The van der Waals surface area contributed by atoms with Gasteiger partial charge < -0.3 is 9.88 Å². The first-order valence-corrected chi connectivity index (χ1v) is 16.9. The van der Waals surface area contributed by atoms with E-state index in [1.165, 1.54) is 42.1 Å². The van der Waals surface area contributed by atoms with Gasteiger partial charge in [0.15, 0.2) is 9.84 Å². The van der Waals surface area contributed by atoms with Gasteiger partial charge in [-0.15, -0.1) is 0 Å². The van der Waals surface area contributed by atoms with Crippen molar-refractivity contribution in [3.8, 4) is 22.4 Å². The van der Waals surface area contributed by atoms with Crippen molar-refractivity contribution in [3.63, 3.8) is 0 Å². The van der Waals surface area contributed by atoms with Crippen LogP contribution in [0.15, 0.2) is 112 Å². The molecule has 0 aliphatic carbocycles. The van der Waals surface area contributed by atoms with Gasteiger partial charge in [0.05, 0.1) is 21.7 Å². The third kappa shape index (κ3) is 5.12. The molecule has 0 aliphatic rings. The molecule has 0 amide bonds. The van der Waals surface area contributed by atoms with Crippen LogP contribution in [0.5, 0.6) is 0 Å². The number of para-hydroxylation sites is 1. The average molecular weight is 628 g/mol. The first kappa shape index (κ1) is 29.1. The molecule has 0 aliphatic heterocycles. The molecule has 10 nitrogen and oxygen atoms in total. The summed E-state index contributed by atoms with van der Waals surface area (Å²) in [6.45, 7) is 1.86. The molecule has 0 bridgehead atoms. The van der Waals surface area contributed by atoms with Crippen LogP contribution in [0, 0.1) is 6.92 Å². The lowest BCUT2D eigenvalue weighted by Gasteiger charge is -2.16. The largest absolute Gasteiger partial charge is 0.355 e. The third-order valence-corrected chi connectivity index (χ3v) is 10.3. The second kappa shape index (κ2) is 10.6. The Bertz CT molecular complexity index is 2340. The molecule has 3 aromatic heterocycles. The maximum Gasteiger partial charge on any atom is 0.275 e. The van der Waals surface area contributed by atoms with Gasteiger partial charge in [-0.3, -0.25) is 9.48 Å². The second-order valence-corrected chi connectivity index (χ2v) is 14.5. The van der Waals surface area contributed by atoms with E-state index < -0.39 is 25.4 Å². The molecule has 0 fully saturated rings. The van der Waals surface area contributed by atoms with Gasteiger partial charge in [-0.05, 0) is 55.5 Å². The molecule has 224 valence electrons. The highest BCUT2D eigenvalue weighted by Crippen LogP contribution is 2.40. The lowest BCUT2D eigenvalue weighted by atomic mass is 10.0. The van der Waals surface area contributed by atoms with Crippen molar-refractivity contribution < 1.29 is 16.8 Å². The van der Waals surface area contributed by atoms with Crippen molar-refractivity contribution >= 4 is 42.1 Å². The molecule has 0 radical (unpaired) electrons. The summed E-state index contributed by atoms with van der Waals surface area (Å²) in [6, 6.07) is 22.1. The Balaban J connectivity index is 1.73. The molecule has 44 heavy (non-hydrogen) atoms. The van der Waals surface area contributed by atoms with Crippen LogP contribution in [0.1, 0.15) is 5.56 Å². The lowest BCUT2D eigenvalue weighted by molar-refractivity contribution is 0.589. The molecule has 3 aromatic carbocycles. The molecule has 0 spiro atoms. The van der Waals surface area contributed by atoms with Crippen LogP contribution >= 0.6 is 0 Å². The summed E-state index contributed by atoms with van der Waals surface area (Å²) in [5.74, 6) is 0. The van der Waals surface area contributed by atoms with Crippen molar-refractivity contribution in [3.05, 3.63) is 113 Å². The molecular weight excluding hydrogens is 599 g/mol. The minimum Gasteiger partial charge on any atom is -0.355 e. The monoisotopic (exact) mass is 627 g/mol. The van der Waals surface area contributed by atoms with Crippen molar-refractivity contribution in [1.82, 2.24) is 18.3 Å². The summed E-state index contributed by atoms with van der Waals surface area (Å²) in [5.41, 5.74) is 3.28. The standard InChI is InChI=1S/C32H29N5O5S2/c1-21-10-12-24(13-11-21)44(41,42)37-30(22-18-33-36(3)19-22)17-27-28(20-35(2)32(38)31(27)37)26-16-25(43(4,39)40)14-15-29(26)34-23-8-6-5-7-9-23/h5-20,34H,1-4H3. The SMILES string of the molecule is Cc1ccc(S(=O)(=O)n2c(-c3cnn(C)c3)cc3c(-c4cc(S(C)(=O)=O)ccc4Nc4ccccc4)cn(C)c(=O)c32)cc1. The molecule has 0 atom stereocenters. The van der Waals surface area contributed by atoms with Crippen molar-refractivity contribution in [2.24, 2.45) is 14.1 Å². The fourth-order valence-electron chi connectivity index (χ4n) is 5.19. The Hall–Kier alpha value is -4.94. The number of fused-ring (bicyclic) bond motifs is 1. The fraction of sp³-hybridized carbons (Fsp3) is 0.125. The van der Waals surface area contributed by atoms with Crippen LogP contribution < -0.4 is 10.9 Å². The van der Waals surface area contributed by atoms with Gasteiger partial charge in [0, 0.05) is 66.2 Å². The molecule has 12 heteroatoms. The quantitative estimate of drug-likeness (QED) is 0.261. The van der Waals surface area contributed by atoms with Crippen LogP contribution in [0.2, 0.25) is 0 Å². The smallest absolute Gasteiger partial charge is 0.275 e. The normalized spacial score (nSPS) is 12.1. The molecular formula is C32H29N5O5S2. The van der Waals surface area contributed by atoms with E-state index >= 15 is 0 Å². The summed E-state index contributed by atoms with van der Waals surface area (Å²) in [5, 5.41) is 7.92. The molecule has 1 N–H and O–H groups in total. The van der Waals surface area contributed by atoms with E-state index in [0.717, 1.165) is 21.5 Å². The van der Waals surface area contributed by atoms with E-state index in [1.807, 2.05) is 37.3 Å². The summed E-state index contributed by atoms with van der Waals surface area (Å²) in [6.07, 6.45) is 5.92. The maximum atomic E-state index is 14.3. The van der Waals surface area contributed by atoms with Gasteiger partial charge in [-0.2, -0.15) is 5.10 Å². The molecule has 0 saturated carbocycles. The Kier molecular flexibility index (Phi) is 7.05. The average Bonchev–Trinajstić information content (AvgIpc) is 3.60. The Morgan fingerprint density at radius 1 is 0.795 bits per heavy atom. The number of aromatic nitrogens is 4. The van der Waals surface area contributed by atoms with Gasteiger partial charge in [0.1, 0.15) is 5.52 Å². The summed E-state index contributed by atoms with van der Waals surface area (Å²) < 4.78 is 57.9. The maximum absolute atomic E-state index is 14.3. The zero-order valence-electron chi connectivity index (χ0n) is 24.4. The van der Waals surface area contributed by atoms with E-state index in [4.69, 9.17) is 0 Å². The van der Waals surface area contributed by atoms with Gasteiger partial charge in [0.25, 0.3) is 15.6 Å². The van der Waals surface area contributed by atoms with E-state index in [1.54, 1.807) is 48.4 Å². The van der Waals surface area contributed by atoms with Crippen LogP contribution in [-0.4, -0.2) is 41.4 Å². The van der Waals surface area contributed by atoms with Gasteiger partial charge >= 0.3 is 0 Å². The number of hydrogen-bond donors (Lipinski definition) is 1. The number of anilines is 2. The van der Waals surface area contributed by atoms with Gasteiger partial charge in [0.2, 0.25) is 0 Å². The molecule has 6 rings (SSSR count). The topological polar surface area (TPSA) is 125 Å². The number of aryl methyl sites for hydroxylation is 3. The fourth-order valence-corrected chi connectivity index (χ4v) is 7.36. The number of nitrogens with zero attached hydrogens (tertiary/aromatic N) is 4. The first-order chi connectivity index (χ1) is 20.8. The van der Waals surface area contributed by atoms with E-state index in [0.29, 0.717) is 27.8 Å².